The van der Waals surface area contributed by atoms with Crippen LogP contribution in [0.3, 0.4) is 0 Å². The number of hydrogen-bond acceptors (Lipinski definition) is 3. The summed E-state index contributed by atoms with van der Waals surface area (Å²) >= 11 is 0. The van der Waals surface area contributed by atoms with Gasteiger partial charge in [0.2, 0.25) is 0 Å². The van der Waals surface area contributed by atoms with Crippen LogP contribution in [-0.2, 0) is 6.54 Å². The molecule has 1 amide bonds. The molecule has 1 fully saturated rings. The SMILES string of the molecule is CCOc1cc(C(=O)N(Cc2cccc(F)c2)C2CC2)ccc1OC. The number of methoxy groups -OCH3 is 1. The minimum Gasteiger partial charge on any atom is -0.493 e. The molecule has 0 aromatic heterocycles. The average Bonchev–Trinajstić information content (AvgIpc) is 3.44. The first kappa shape index (κ1) is 17.3. The van der Waals surface area contributed by atoms with Crippen molar-refractivity contribution < 1.29 is 18.7 Å². The second-order valence-corrected chi connectivity index (χ2v) is 6.09. The zero-order valence-electron chi connectivity index (χ0n) is 14.5. The van der Waals surface area contributed by atoms with E-state index < -0.39 is 0 Å². The molecule has 1 aliphatic rings. The van der Waals surface area contributed by atoms with Crippen molar-refractivity contribution in [2.75, 3.05) is 13.7 Å². The smallest absolute Gasteiger partial charge is 0.254 e. The largest absolute Gasteiger partial charge is 0.493 e. The molecule has 0 N–H and O–H groups in total. The van der Waals surface area contributed by atoms with Gasteiger partial charge in [-0.3, -0.25) is 4.79 Å². The molecule has 25 heavy (non-hydrogen) atoms. The second-order valence-electron chi connectivity index (χ2n) is 6.09. The number of carbonyl (C=O) groups is 1. The maximum Gasteiger partial charge on any atom is 0.254 e. The lowest BCUT2D eigenvalue weighted by molar-refractivity contribution is 0.0729. The van der Waals surface area contributed by atoms with Crippen LogP contribution in [-0.4, -0.2) is 30.6 Å². The van der Waals surface area contributed by atoms with E-state index in [0.717, 1.165) is 18.4 Å². The number of halogens is 1. The van der Waals surface area contributed by atoms with Crippen molar-refractivity contribution in [1.29, 1.82) is 0 Å². The first-order chi connectivity index (χ1) is 12.1. The number of carbonyl (C=O) groups excluding carboxylic acids is 1. The van der Waals surface area contributed by atoms with E-state index in [-0.39, 0.29) is 17.8 Å². The van der Waals surface area contributed by atoms with Gasteiger partial charge in [0.05, 0.1) is 13.7 Å². The second kappa shape index (κ2) is 7.55. The van der Waals surface area contributed by atoms with Crippen molar-refractivity contribution in [2.24, 2.45) is 0 Å². The molecular weight excluding hydrogens is 321 g/mol. The summed E-state index contributed by atoms with van der Waals surface area (Å²) in [6, 6.07) is 11.8. The van der Waals surface area contributed by atoms with Gasteiger partial charge in [0, 0.05) is 18.2 Å². The summed E-state index contributed by atoms with van der Waals surface area (Å²) in [5, 5.41) is 0. The Bertz CT molecular complexity index is 758. The Kier molecular flexibility index (Phi) is 5.22. The number of hydrogen-bond donors (Lipinski definition) is 0. The minimum absolute atomic E-state index is 0.0737. The van der Waals surface area contributed by atoms with Gasteiger partial charge in [0.25, 0.3) is 5.91 Å². The Morgan fingerprint density at radius 2 is 2.00 bits per heavy atom. The van der Waals surface area contributed by atoms with Crippen LogP contribution in [0.5, 0.6) is 11.5 Å². The van der Waals surface area contributed by atoms with Crippen LogP contribution in [0.2, 0.25) is 0 Å². The molecular formula is C20H22FNO3. The topological polar surface area (TPSA) is 38.8 Å². The molecule has 2 aromatic rings. The standard InChI is InChI=1S/C20H22FNO3/c1-3-25-19-12-15(7-10-18(19)24-2)20(23)22(17-8-9-17)13-14-5-4-6-16(21)11-14/h4-7,10-12,17H,3,8-9,13H2,1-2H3. The summed E-state index contributed by atoms with van der Waals surface area (Å²) in [4.78, 5) is 14.8. The summed E-state index contributed by atoms with van der Waals surface area (Å²) in [6.45, 7) is 2.77. The third-order valence-electron chi connectivity index (χ3n) is 4.20. The molecule has 0 unspecified atom stereocenters. The monoisotopic (exact) mass is 343 g/mol. The van der Waals surface area contributed by atoms with E-state index in [1.54, 1.807) is 31.4 Å². The number of benzene rings is 2. The summed E-state index contributed by atoms with van der Waals surface area (Å²) in [5.41, 5.74) is 1.34. The first-order valence-corrected chi connectivity index (χ1v) is 8.48. The molecule has 0 bridgehead atoms. The predicted octanol–water partition coefficient (Wildman–Crippen LogP) is 4.04. The fourth-order valence-electron chi connectivity index (χ4n) is 2.83. The molecule has 0 saturated heterocycles. The van der Waals surface area contributed by atoms with Crippen LogP contribution < -0.4 is 9.47 Å². The number of ether oxygens (including phenoxy) is 2. The number of rotatable bonds is 7. The Morgan fingerprint density at radius 1 is 1.20 bits per heavy atom. The highest BCUT2D eigenvalue weighted by Gasteiger charge is 2.33. The predicted molar refractivity (Wildman–Crippen MR) is 93.5 cm³/mol. The van der Waals surface area contributed by atoms with Crippen LogP contribution in [0.15, 0.2) is 42.5 Å². The van der Waals surface area contributed by atoms with E-state index in [0.29, 0.717) is 30.2 Å². The van der Waals surface area contributed by atoms with Gasteiger partial charge in [-0.25, -0.2) is 4.39 Å². The lowest BCUT2D eigenvalue weighted by Crippen LogP contribution is -2.32. The fourth-order valence-corrected chi connectivity index (χ4v) is 2.83. The maximum atomic E-state index is 13.4. The molecule has 0 aliphatic heterocycles. The Hall–Kier alpha value is -2.56. The zero-order valence-corrected chi connectivity index (χ0v) is 14.5. The summed E-state index contributed by atoms with van der Waals surface area (Å²) in [7, 11) is 1.57. The summed E-state index contributed by atoms with van der Waals surface area (Å²) in [5.74, 6) is 0.790. The van der Waals surface area contributed by atoms with E-state index in [1.165, 1.54) is 12.1 Å². The van der Waals surface area contributed by atoms with E-state index in [1.807, 2.05) is 17.9 Å². The van der Waals surface area contributed by atoms with Gasteiger partial charge in [-0.1, -0.05) is 12.1 Å². The molecule has 0 spiro atoms. The maximum absolute atomic E-state index is 13.4. The van der Waals surface area contributed by atoms with Crippen LogP contribution in [0.1, 0.15) is 35.7 Å². The van der Waals surface area contributed by atoms with Crippen molar-refractivity contribution in [3.8, 4) is 11.5 Å². The van der Waals surface area contributed by atoms with Gasteiger partial charge in [0.15, 0.2) is 11.5 Å². The molecule has 0 atom stereocenters. The highest BCUT2D eigenvalue weighted by molar-refractivity contribution is 5.95. The molecule has 1 saturated carbocycles. The third kappa shape index (κ3) is 4.10. The Labute approximate surface area is 147 Å². The van der Waals surface area contributed by atoms with Crippen molar-refractivity contribution >= 4 is 5.91 Å². The zero-order chi connectivity index (χ0) is 17.8. The number of nitrogens with zero attached hydrogens (tertiary/aromatic N) is 1. The normalized spacial score (nSPS) is 13.4. The van der Waals surface area contributed by atoms with Crippen molar-refractivity contribution in [2.45, 2.75) is 32.4 Å². The van der Waals surface area contributed by atoms with Crippen molar-refractivity contribution in [1.82, 2.24) is 4.90 Å². The Morgan fingerprint density at radius 3 is 2.64 bits per heavy atom. The lowest BCUT2D eigenvalue weighted by Gasteiger charge is -2.23. The highest BCUT2D eigenvalue weighted by atomic mass is 19.1. The molecule has 0 heterocycles. The van der Waals surface area contributed by atoms with Crippen LogP contribution in [0.25, 0.3) is 0 Å². The van der Waals surface area contributed by atoms with Crippen molar-refractivity contribution in [3.05, 3.63) is 59.4 Å². The van der Waals surface area contributed by atoms with E-state index in [4.69, 9.17) is 9.47 Å². The average molecular weight is 343 g/mol. The van der Waals surface area contributed by atoms with E-state index in [9.17, 15) is 9.18 Å². The lowest BCUT2D eigenvalue weighted by atomic mass is 10.1. The number of amides is 1. The molecule has 4 nitrogen and oxygen atoms in total. The third-order valence-corrected chi connectivity index (χ3v) is 4.20. The summed E-state index contributed by atoms with van der Waals surface area (Å²) < 4.78 is 24.3. The van der Waals surface area contributed by atoms with Gasteiger partial charge in [-0.2, -0.15) is 0 Å². The van der Waals surface area contributed by atoms with Gasteiger partial charge in [0.1, 0.15) is 5.82 Å². The fraction of sp³-hybridized carbons (Fsp3) is 0.350. The molecule has 5 heteroatoms. The molecule has 1 aliphatic carbocycles. The van der Waals surface area contributed by atoms with Crippen LogP contribution in [0.4, 0.5) is 4.39 Å². The molecule has 0 radical (unpaired) electrons. The molecule has 132 valence electrons. The Balaban J connectivity index is 1.84. The van der Waals surface area contributed by atoms with Gasteiger partial charge in [-0.15, -0.1) is 0 Å². The minimum atomic E-state index is -0.288. The van der Waals surface area contributed by atoms with Gasteiger partial charge in [-0.05, 0) is 55.7 Å². The van der Waals surface area contributed by atoms with E-state index in [2.05, 4.69) is 0 Å². The highest BCUT2D eigenvalue weighted by Crippen LogP contribution is 2.33. The van der Waals surface area contributed by atoms with Gasteiger partial charge < -0.3 is 14.4 Å². The summed E-state index contributed by atoms with van der Waals surface area (Å²) in [6.07, 6.45) is 1.96. The van der Waals surface area contributed by atoms with Crippen LogP contribution >= 0.6 is 0 Å². The van der Waals surface area contributed by atoms with E-state index >= 15 is 0 Å². The molecule has 2 aromatic carbocycles. The molecule has 3 rings (SSSR count). The first-order valence-electron chi connectivity index (χ1n) is 8.48. The van der Waals surface area contributed by atoms with Crippen molar-refractivity contribution in [3.63, 3.8) is 0 Å². The quantitative estimate of drug-likeness (QED) is 0.762. The van der Waals surface area contributed by atoms with Crippen LogP contribution in [0, 0.1) is 5.82 Å². The van der Waals surface area contributed by atoms with Gasteiger partial charge >= 0.3 is 0 Å².